The molecule has 0 radical (unpaired) electrons. The van der Waals surface area contributed by atoms with Crippen molar-refractivity contribution in [2.24, 2.45) is 11.7 Å². The van der Waals surface area contributed by atoms with Crippen molar-refractivity contribution in [3.63, 3.8) is 0 Å². The molecule has 1 fully saturated rings. The Morgan fingerprint density at radius 3 is 2.60 bits per heavy atom. The van der Waals surface area contributed by atoms with Crippen LogP contribution in [-0.2, 0) is 4.79 Å². The Labute approximate surface area is 121 Å². The van der Waals surface area contributed by atoms with Gasteiger partial charge in [0.05, 0.1) is 0 Å². The molecule has 0 aromatic heterocycles. The summed E-state index contributed by atoms with van der Waals surface area (Å²) < 4.78 is 26.1. The van der Waals surface area contributed by atoms with Crippen molar-refractivity contribution in [2.45, 2.75) is 31.6 Å². The fourth-order valence-electron chi connectivity index (χ4n) is 2.30. The van der Waals surface area contributed by atoms with E-state index in [-0.39, 0.29) is 42.5 Å². The normalized spacial score (nSPS) is 18.5. The van der Waals surface area contributed by atoms with Gasteiger partial charge in [0.2, 0.25) is 11.8 Å². The van der Waals surface area contributed by atoms with Crippen LogP contribution in [0.25, 0.3) is 0 Å². The number of amides is 1. The molecule has 0 bridgehead atoms. The summed E-state index contributed by atoms with van der Waals surface area (Å²) in [7, 11) is 0. The predicted octanol–water partition coefficient (Wildman–Crippen LogP) is 3.08. The molecule has 1 aliphatic rings. The zero-order valence-electron chi connectivity index (χ0n) is 10.9. The van der Waals surface area contributed by atoms with E-state index in [4.69, 9.17) is 18.0 Å². The molecule has 3 nitrogen and oxygen atoms in total. The van der Waals surface area contributed by atoms with Crippen molar-refractivity contribution in [3.05, 3.63) is 29.8 Å². The Hall–Kier alpha value is -1.56. The van der Waals surface area contributed by atoms with Crippen molar-refractivity contribution >= 4 is 28.8 Å². The molecular formula is C14H16F2N2OS. The minimum Gasteiger partial charge on any atom is -0.389 e. The number of nitrogens with one attached hydrogen (secondary N) is 1. The van der Waals surface area contributed by atoms with Crippen LogP contribution in [0.4, 0.5) is 14.5 Å². The van der Waals surface area contributed by atoms with Gasteiger partial charge in [-0.05, 0) is 25.0 Å². The fourth-order valence-corrected chi connectivity index (χ4v) is 2.42. The summed E-state index contributed by atoms with van der Waals surface area (Å²) in [5.41, 5.74) is 6.76. The standard InChI is InChI=1S/C14H16F2N2OS/c15-14(16)6-4-9(5-7-14)13(19)18-11-3-1-2-10(8-11)12(17)20/h1-3,8-9H,4-7H2,(H2,17,20)(H,18,19). The van der Waals surface area contributed by atoms with E-state index in [1.165, 1.54) is 0 Å². The lowest BCUT2D eigenvalue weighted by atomic mass is 9.86. The first kappa shape index (κ1) is 14.8. The largest absolute Gasteiger partial charge is 0.389 e. The third-order valence-electron chi connectivity index (χ3n) is 3.50. The number of carbonyl (C=O) groups is 1. The summed E-state index contributed by atoms with van der Waals surface area (Å²) >= 11 is 4.87. The molecule has 108 valence electrons. The summed E-state index contributed by atoms with van der Waals surface area (Å²) in [4.78, 5) is 12.3. The number of benzene rings is 1. The molecule has 0 unspecified atom stereocenters. The average molecular weight is 298 g/mol. The highest BCUT2D eigenvalue weighted by atomic mass is 32.1. The number of thiocarbonyl (C=S) groups is 1. The first-order valence-electron chi connectivity index (χ1n) is 6.46. The average Bonchev–Trinajstić information content (AvgIpc) is 2.38. The summed E-state index contributed by atoms with van der Waals surface area (Å²) in [6, 6.07) is 6.88. The van der Waals surface area contributed by atoms with Gasteiger partial charge in [-0.2, -0.15) is 0 Å². The maximum absolute atomic E-state index is 13.0. The molecular weight excluding hydrogens is 282 g/mol. The highest BCUT2D eigenvalue weighted by Crippen LogP contribution is 2.36. The minimum atomic E-state index is -2.62. The van der Waals surface area contributed by atoms with Gasteiger partial charge in [-0.1, -0.05) is 24.4 Å². The summed E-state index contributed by atoms with van der Waals surface area (Å²) in [5.74, 6) is -3.20. The lowest BCUT2D eigenvalue weighted by Crippen LogP contribution is -2.31. The number of alkyl halides is 2. The van der Waals surface area contributed by atoms with Gasteiger partial charge >= 0.3 is 0 Å². The molecule has 1 saturated carbocycles. The molecule has 1 aromatic rings. The van der Waals surface area contributed by atoms with E-state index in [0.717, 1.165) is 0 Å². The highest BCUT2D eigenvalue weighted by Gasteiger charge is 2.37. The molecule has 0 heterocycles. The van der Waals surface area contributed by atoms with E-state index in [1.807, 2.05) is 0 Å². The molecule has 1 aliphatic carbocycles. The molecule has 0 aliphatic heterocycles. The summed E-state index contributed by atoms with van der Waals surface area (Å²) in [6.45, 7) is 0. The molecule has 3 N–H and O–H groups in total. The third-order valence-corrected chi connectivity index (χ3v) is 3.74. The van der Waals surface area contributed by atoms with Crippen LogP contribution in [0.15, 0.2) is 24.3 Å². The fraction of sp³-hybridized carbons (Fsp3) is 0.429. The molecule has 20 heavy (non-hydrogen) atoms. The maximum Gasteiger partial charge on any atom is 0.248 e. The summed E-state index contributed by atoms with van der Waals surface area (Å²) in [6.07, 6.45) is -0.0162. The SMILES string of the molecule is NC(=S)c1cccc(NC(=O)C2CCC(F)(F)CC2)c1. The Morgan fingerprint density at radius 1 is 1.35 bits per heavy atom. The monoisotopic (exact) mass is 298 g/mol. The van der Waals surface area contributed by atoms with Crippen LogP contribution in [0.2, 0.25) is 0 Å². The van der Waals surface area contributed by atoms with Crippen LogP contribution in [0, 0.1) is 5.92 Å². The molecule has 0 spiro atoms. The second kappa shape index (κ2) is 5.83. The number of nitrogens with two attached hydrogens (primary N) is 1. The number of halogens is 2. The second-order valence-corrected chi connectivity index (χ2v) is 5.50. The highest BCUT2D eigenvalue weighted by molar-refractivity contribution is 7.80. The topological polar surface area (TPSA) is 55.1 Å². The third kappa shape index (κ3) is 3.72. The molecule has 1 aromatic carbocycles. The van der Waals surface area contributed by atoms with Crippen LogP contribution in [0.5, 0.6) is 0 Å². The lowest BCUT2D eigenvalue weighted by Gasteiger charge is -2.27. The number of carbonyl (C=O) groups excluding carboxylic acids is 1. The Balaban J connectivity index is 1.98. The Morgan fingerprint density at radius 2 is 2.00 bits per heavy atom. The number of hydrogen-bond acceptors (Lipinski definition) is 2. The van der Waals surface area contributed by atoms with Gasteiger partial charge in [0.1, 0.15) is 4.99 Å². The van der Waals surface area contributed by atoms with Crippen molar-refractivity contribution in [3.8, 4) is 0 Å². The van der Waals surface area contributed by atoms with E-state index in [9.17, 15) is 13.6 Å². The first-order chi connectivity index (χ1) is 9.37. The molecule has 1 amide bonds. The van der Waals surface area contributed by atoms with E-state index in [2.05, 4.69) is 5.32 Å². The smallest absolute Gasteiger partial charge is 0.248 e. The van der Waals surface area contributed by atoms with E-state index < -0.39 is 5.92 Å². The van der Waals surface area contributed by atoms with E-state index in [0.29, 0.717) is 11.3 Å². The van der Waals surface area contributed by atoms with Gasteiger partial charge in [0.25, 0.3) is 0 Å². The number of anilines is 1. The number of rotatable bonds is 3. The van der Waals surface area contributed by atoms with Crippen LogP contribution >= 0.6 is 12.2 Å². The van der Waals surface area contributed by atoms with Crippen LogP contribution in [0.3, 0.4) is 0 Å². The van der Waals surface area contributed by atoms with Gasteiger partial charge in [-0.15, -0.1) is 0 Å². The first-order valence-corrected chi connectivity index (χ1v) is 6.87. The van der Waals surface area contributed by atoms with Gasteiger partial charge in [0, 0.05) is 30.0 Å². The summed E-state index contributed by atoms with van der Waals surface area (Å²) in [5, 5.41) is 2.74. The van der Waals surface area contributed by atoms with Gasteiger partial charge in [-0.3, -0.25) is 4.79 Å². The Bertz CT molecular complexity index is 524. The Kier molecular flexibility index (Phi) is 4.32. The molecule has 6 heteroatoms. The van der Waals surface area contributed by atoms with Crippen LogP contribution in [-0.4, -0.2) is 16.8 Å². The predicted molar refractivity (Wildman–Crippen MR) is 77.9 cm³/mol. The lowest BCUT2D eigenvalue weighted by molar-refractivity contribution is -0.124. The zero-order valence-corrected chi connectivity index (χ0v) is 11.7. The second-order valence-electron chi connectivity index (χ2n) is 5.06. The zero-order chi connectivity index (χ0) is 14.8. The van der Waals surface area contributed by atoms with Crippen LogP contribution < -0.4 is 11.1 Å². The van der Waals surface area contributed by atoms with Gasteiger partial charge in [-0.25, -0.2) is 8.78 Å². The van der Waals surface area contributed by atoms with Gasteiger partial charge in [0.15, 0.2) is 0 Å². The van der Waals surface area contributed by atoms with E-state index in [1.54, 1.807) is 24.3 Å². The van der Waals surface area contributed by atoms with Crippen LogP contribution in [0.1, 0.15) is 31.2 Å². The molecule has 2 rings (SSSR count). The van der Waals surface area contributed by atoms with Crippen molar-refractivity contribution in [1.29, 1.82) is 0 Å². The quantitative estimate of drug-likeness (QED) is 0.843. The van der Waals surface area contributed by atoms with Crippen molar-refractivity contribution in [2.75, 3.05) is 5.32 Å². The van der Waals surface area contributed by atoms with E-state index >= 15 is 0 Å². The molecule has 0 atom stereocenters. The van der Waals surface area contributed by atoms with Crippen molar-refractivity contribution < 1.29 is 13.6 Å². The number of hydrogen-bond donors (Lipinski definition) is 2. The maximum atomic E-state index is 13.0. The van der Waals surface area contributed by atoms with Gasteiger partial charge < -0.3 is 11.1 Å². The minimum absolute atomic E-state index is 0.216. The van der Waals surface area contributed by atoms with Crippen molar-refractivity contribution in [1.82, 2.24) is 0 Å². The molecule has 0 saturated heterocycles.